The number of anilines is 1. The van der Waals surface area contributed by atoms with E-state index in [4.69, 9.17) is 10.2 Å². The monoisotopic (exact) mass is 356 g/mol. The fraction of sp³-hybridized carbons (Fsp3) is 0.529. The molecule has 0 spiro atoms. The molecule has 23 heavy (non-hydrogen) atoms. The highest BCUT2D eigenvalue weighted by atomic mass is 32.1. The Labute approximate surface area is 150 Å². The minimum atomic E-state index is -0.500. The highest BCUT2D eigenvalue weighted by molar-refractivity contribution is 7.80. The molecule has 130 valence electrons. The lowest BCUT2D eigenvalue weighted by Crippen LogP contribution is -2.08. The van der Waals surface area contributed by atoms with Gasteiger partial charge in [0.25, 0.3) is 10.3 Å². The number of nitrogens with one attached hydrogen (secondary N) is 1. The van der Waals surface area contributed by atoms with E-state index in [1.807, 2.05) is 18.2 Å². The van der Waals surface area contributed by atoms with E-state index in [1.54, 1.807) is 0 Å². The van der Waals surface area contributed by atoms with Crippen molar-refractivity contribution in [3.63, 3.8) is 0 Å². The van der Waals surface area contributed by atoms with E-state index in [9.17, 15) is 0 Å². The number of hydrogen-bond donors (Lipinski definition) is 4. The number of aryl methyl sites for hydroxylation is 1. The van der Waals surface area contributed by atoms with E-state index in [2.05, 4.69) is 48.5 Å². The third kappa shape index (κ3) is 14.0. The maximum atomic E-state index is 9.14. The Morgan fingerprint density at radius 3 is 2.09 bits per heavy atom. The highest BCUT2D eigenvalue weighted by Gasteiger charge is 2.02. The van der Waals surface area contributed by atoms with Gasteiger partial charge >= 0.3 is 0 Å². The van der Waals surface area contributed by atoms with Gasteiger partial charge in [0, 0.05) is 5.69 Å². The Kier molecular flexibility index (Phi) is 13.3. The number of aliphatic hydroxyl groups is 2. The van der Waals surface area contributed by atoms with Crippen molar-refractivity contribution < 1.29 is 10.2 Å². The van der Waals surface area contributed by atoms with Gasteiger partial charge in [0.05, 0.1) is 0 Å². The summed E-state index contributed by atoms with van der Waals surface area (Å²) in [5.74, 6) is 0. The third-order valence-electron chi connectivity index (χ3n) is 3.31. The quantitative estimate of drug-likeness (QED) is 0.367. The minimum Gasteiger partial charge on any atom is -0.487 e. The molecule has 0 aromatic heterocycles. The zero-order valence-corrected chi connectivity index (χ0v) is 15.4. The molecule has 5 N–H and O–H groups in total. The van der Waals surface area contributed by atoms with E-state index in [-0.39, 0.29) is 5.17 Å². The molecule has 0 atom stereocenters. The van der Waals surface area contributed by atoms with Crippen LogP contribution in [0.25, 0.3) is 0 Å². The predicted molar refractivity (Wildman–Crippen MR) is 106 cm³/mol. The van der Waals surface area contributed by atoms with Gasteiger partial charge in [0.15, 0.2) is 0 Å². The van der Waals surface area contributed by atoms with Crippen LogP contribution in [0.4, 0.5) is 5.69 Å². The normalized spacial score (nSPS) is 9.61. The van der Waals surface area contributed by atoms with E-state index in [0.29, 0.717) is 0 Å². The standard InChI is InChI=1S/C16H25NOS.CH3NOS/c1-2-3-4-5-6-7-8-11-14-12-9-10-13-15(14)17-16(18)19;2-1(3)4/h9-10,12-13H,2-8,11H2,1H3,(H2,17,18,19);(H3,2,3,4). The first-order chi connectivity index (χ1) is 11.0. The lowest BCUT2D eigenvalue weighted by Gasteiger charge is -2.09. The number of para-hydroxylation sites is 1. The first-order valence-corrected chi connectivity index (χ1v) is 8.85. The molecule has 0 bridgehead atoms. The van der Waals surface area contributed by atoms with Crippen LogP contribution in [-0.4, -0.2) is 20.6 Å². The maximum absolute atomic E-state index is 9.14. The summed E-state index contributed by atoms with van der Waals surface area (Å²) < 4.78 is 0. The van der Waals surface area contributed by atoms with Crippen LogP contribution < -0.4 is 11.1 Å². The summed E-state index contributed by atoms with van der Waals surface area (Å²) in [5.41, 5.74) is 6.56. The summed E-state index contributed by atoms with van der Waals surface area (Å²) in [6.45, 7) is 2.25. The molecule has 1 aromatic carbocycles. The first-order valence-electron chi connectivity index (χ1n) is 8.03. The summed E-state index contributed by atoms with van der Waals surface area (Å²) >= 11 is 8.55. The van der Waals surface area contributed by atoms with Crippen LogP contribution >= 0.6 is 24.4 Å². The van der Waals surface area contributed by atoms with E-state index in [0.717, 1.165) is 12.1 Å². The van der Waals surface area contributed by atoms with Crippen molar-refractivity contribution in [3.05, 3.63) is 29.8 Å². The highest BCUT2D eigenvalue weighted by Crippen LogP contribution is 2.18. The van der Waals surface area contributed by atoms with Crippen molar-refractivity contribution in [1.82, 2.24) is 0 Å². The number of benzene rings is 1. The van der Waals surface area contributed by atoms with Gasteiger partial charge in [-0.1, -0.05) is 63.6 Å². The van der Waals surface area contributed by atoms with Crippen molar-refractivity contribution in [2.75, 3.05) is 5.32 Å². The van der Waals surface area contributed by atoms with Crippen LogP contribution in [0.1, 0.15) is 57.4 Å². The summed E-state index contributed by atoms with van der Waals surface area (Å²) in [6.07, 6.45) is 10.2. The zero-order valence-electron chi connectivity index (χ0n) is 13.8. The Balaban J connectivity index is 0.00000108. The van der Waals surface area contributed by atoms with E-state index < -0.39 is 5.17 Å². The van der Waals surface area contributed by atoms with Gasteiger partial charge in [-0.2, -0.15) is 0 Å². The van der Waals surface area contributed by atoms with Gasteiger partial charge in [0.1, 0.15) is 0 Å². The molecule has 0 amide bonds. The largest absolute Gasteiger partial charge is 0.487 e. The fourth-order valence-corrected chi connectivity index (χ4v) is 2.36. The molecule has 4 nitrogen and oxygen atoms in total. The van der Waals surface area contributed by atoms with E-state index >= 15 is 0 Å². The van der Waals surface area contributed by atoms with Crippen LogP contribution in [0.3, 0.4) is 0 Å². The molecular formula is C17H28N2O2S2. The first kappa shape index (κ1) is 21.6. The Bertz CT molecular complexity index is 464. The Morgan fingerprint density at radius 2 is 1.52 bits per heavy atom. The predicted octanol–water partition coefficient (Wildman–Crippen LogP) is 5.02. The van der Waals surface area contributed by atoms with Gasteiger partial charge in [-0.25, -0.2) is 0 Å². The van der Waals surface area contributed by atoms with Gasteiger partial charge < -0.3 is 21.3 Å². The average Bonchev–Trinajstić information content (AvgIpc) is 2.47. The number of aliphatic hydroxyl groups excluding tert-OH is 2. The van der Waals surface area contributed by atoms with Crippen LogP contribution in [0.5, 0.6) is 0 Å². The SMILES string of the molecule is CCCCCCCCCc1ccccc1NC(O)=S.NC(O)=S. The molecule has 0 saturated carbocycles. The lowest BCUT2D eigenvalue weighted by molar-refractivity contribution is 0.560. The summed E-state index contributed by atoms with van der Waals surface area (Å²) in [4.78, 5) is 0. The second-order valence-corrected chi connectivity index (χ2v) is 6.10. The van der Waals surface area contributed by atoms with E-state index in [1.165, 1.54) is 50.5 Å². The summed E-state index contributed by atoms with van der Waals surface area (Å²) in [6, 6.07) is 8.04. The van der Waals surface area contributed by atoms with Crippen LogP contribution in [-0.2, 0) is 6.42 Å². The molecule has 0 unspecified atom stereocenters. The molecule has 1 aromatic rings. The summed E-state index contributed by atoms with van der Waals surface area (Å²) in [5, 5.41) is 18.9. The smallest absolute Gasteiger partial charge is 0.258 e. The van der Waals surface area contributed by atoms with Crippen molar-refractivity contribution in [2.24, 2.45) is 5.73 Å². The maximum Gasteiger partial charge on any atom is 0.258 e. The molecule has 1 rings (SSSR count). The summed E-state index contributed by atoms with van der Waals surface area (Å²) in [7, 11) is 0. The molecule has 6 heteroatoms. The topological polar surface area (TPSA) is 78.5 Å². The number of rotatable bonds is 9. The van der Waals surface area contributed by atoms with Crippen LogP contribution in [0, 0.1) is 0 Å². The van der Waals surface area contributed by atoms with Crippen molar-refractivity contribution in [2.45, 2.75) is 58.3 Å². The molecule has 0 aliphatic rings. The van der Waals surface area contributed by atoms with Crippen LogP contribution in [0.15, 0.2) is 24.3 Å². The Hall–Kier alpha value is -1.40. The van der Waals surface area contributed by atoms with Crippen molar-refractivity contribution in [1.29, 1.82) is 0 Å². The number of hydrogen-bond acceptors (Lipinski definition) is 2. The second kappa shape index (κ2) is 14.2. The minimum absolute atomic E-state index is 0.160. The fourth-order valence-electron chi connectivity index (χ4n) is 2.25. The van der Waals surface area contributed by atoms with Crippen LogP contribution in [0.2, 0.25) is 0 Å². The Morgan fingerprint density at radius 1 is 1.00 bits per heavy atom. The molecule has 0 radical (unpaired) electrons. The van der Waals surface area contributed by atoms with Gasteiger partial charge in [-0.05, 0) is 48.9 Å². The molecule has 0 saturated heterocycles. The van der Waals surface area contributed by atoms with Crippen molar-refractivity contribution in [3.8, 4) is 0 Å². The third-order valence-corrected chi connectivity index (χ3v) is 3.41. The van der Waals surface area contributed by atoms with Gasteiger partial charge in [-0.3, -0.25) is 0 Å². The number of unbranched alkanes of at least 4 members (excludes halogenated alkanes) is 6. The molecule has 0 aliphatic heterocycles. The molecule has 0 heterocycles. The second-order valence-electron chi connectivity index (χ2n) is 5.30. The number of nitrogens with two attached hydrogens (primary N) is 1. The zero-order chi connectivity index (χ0) is 17.5. The average molecular weight is 357 g/mol. The molecular weight excluding hydrogens is 328 g/mol. The molecule has 0 aliphatic carbocycles. The lowest BCUT2D eigenvalue weighted by atomic mass is 10.0. The van der Waals surface area contributed by atoms with Gasteiger partial charge in [-0.15, -0.1) is 0 Å². The molecule has 0 fully saturated rings. The van der Waals surface area contributed by atoms with Gasteiger partial charge in [0.2, 0.25) is 0 Å². The number of thiocarbonyl (C=S) groups is 2. The van der Waals surface area contributed by atoms with Crippen molar-refractivity contribution >= 4 is 40.5 Å².